The molecular weight excluding hydrogens is 693 g/mol. The summed E-state index contributed by atoms with van der Waals surface area (Å²) in [5.74, 6) is -1.96. The topological polar surface area (TPSA) is 117 Å². The van der Waals surface area contributed by atoms with Gasteiger partial charge in [-0.25, -0.2) is 0 Å². The van der Waals surface area contributed by atoms with Gasteiger partial charge >= 0.3 is 5.97 Å². The van der Waals surface area contributed by atoms with E-state index in [1.54, 1.807) is 59.3 Å². The Morgan fingerprint density at radius 1 is 1.06 bits per heavy atom. The summed E-state index contributed by atoms with van der Waals surface area (Å²) in [6.07, 6.45) is -1.15. The molecule has 2 fully saturated rings. The SMILES string of the molecule is CC(=O)OC1CC(=O)N1c1cccc(CN2C(=O)[C@@]3(O[C@@H](CC(=O)N4Cc5ccccc5C[C@H]4CO)[C@H]([Si](C)(C)F)[C@H]3C)c3cc(Cl)ccc32)c1. The maximum atomic E-state index is 16.5. The van der Waals surface area contributed by atoms with Crippen LogP contribution in [0.25, 0.3) is 0 Å². The van der Waals surface area contributed by atoms with Crippen LogP contribution in [0.4, 0.5) is 15.5 Å². The molecule has 6 atom stereocenters. The van der Waals surface area contributed by atoms with E-state index in [1.807, 2.05) is 37.3 Å². The van der Waals surface area contributed by atoms with Gasteiger partial charge in [0.2, 0.25) is 20.2 Å². The lowest BCUT2D eigenvalue weighted by Gasteiger charge is -2.39. The summed E-state index contributed by atoms with van der Waals surface area (Å²) in [6.45, 7) is 6.51. The van der Waals surface area contributed by atoms with E-state index in [-0.39, 0.29) is 43.7 Å². The summed E-state index contributed by atoms with van der Waals surface area (Å²) in [7, 11) is -3.57. The molecular formula is C38H41ClFN3O7Si. The molecule has 3 amide bonds. The number of esters is 1. The highest BCUT2D eigenvalue weighted by Gasteiger charge is 2.67. The number of aliphatic hydroxyl groups excluding tert-OH is 1. The third-order valence-corrected chi connectivity index (χ3v) is 13.6. The Morgan fingerprint density at radius 3 is 2.49 bits per heavy atom. The first-order valence-electron chi connectivity index (χ1n) is 17.3. The Hall–Kier alpha value is -4.10. The van der Waals surface area contributed by atoms with Crippen LogP contribution >= 0.6 is 11.6 Å². The fourth-order valence-corrected chi connectivity index (χ4v) is 11.3. The third-order valence-electron chi connectivity index (χ3n) is 10.9. The fourth-order valence-electron chi connectivity index (χ4n) is 8.68. The average Bonchev–Trinajstić information content (AvgIpc) is 3.49. The zero-order valence-corrected chi connectivity index (χ0v) is 30.7. The number of carbonyl (C=O) groups is 4. The molecule has 13 heteroatoms. The first-order chi connectivity index (χ1) is 24.2. The Kier molecular flexibility index (Phi) is 9.10. The van der Waals surface area contributed by atoms with Gasteiger partial charge in [-0.2, -0.15) is 0 Å². The quantitative estimate of drug-likeness (QED) is 0.138. The lowest BCUT2D eigenvalue weighted by atomic mass is 9.82. The first-order valence-corrected chi connectivity index (χ1v) is 20.6. The van der Waals surface area contributed by atoms with Crippen molar-refractivity contribution in [1.29, 1.82) is 0 Å². The zero-order chi connectivity index (χ0) is 36.4. The number of rotatable bonds is 8. The smallest absolute Gasteiger partial charge is 0.304 e. The highest BCUT2D eigenvalue weighted by atomic mass is 35.5. The molecule has 0 aromatic heterocycles. The van der Waals surface area contributed by atoms with E-state index in [1.165, 1.54) is 11.8 Å². The monoisotopic (exact) mass is 733 g/mol. The van der Waals surface area contributed by atoms with Gasteiger partial charge in [-0.05, 0) is 66.5 Å². The van der Waals surface area contributed by atoms with Crippen molar-refractivity contribution in [3.8, 4) is 0 Å². The molecule has 3 aromatic rings. The van der Waals surface area contributed by atoms with Crippen LogP contribution < -0.4 is 9.80 Å². The Morgan fingerprint density at radius 2 is 1.80 bits per heavy atom. The highest BCUT2D eigenvalue weighted by molar-refractivity contribution is 6.72. The van der Waals surface area contributed by atoms with Crippen molar-refractivity contribution in [3.63, 3.8) is 0 Å². The number of hydrogen-bond donors (Lipinski definition) is 1. The predicted octanol–water partition coefficient (Wildman–Crippen LogP) is 5.62. The van der Waals surface area contributed by atoms with Gasteiger partial charge in [-0.1, -0.05) is 54.9 Å². The Bertz CT molecular complexity index is 1920. The standard InChI is InChI=1S/C38H41ClFN3O7Si/c1-22-36(51(3,4)40)32(17-33(46)41-20-26-10-6-5-9-25(26)15-29(41)21-44)50-38(22)30-16-27(39)12-13-31(30)42(37(38)48)19-24-8-7-11-28(14-24)43-34(47)18-35(43)49-23(2)45/h5-14,16,22,29,32,35-36,44H,15,17-21H2,1-4H3/t22-,29+,32+,35?,36-,38+/m1/s1. The third kappa shape index (κ3) is 6.05. The molecule has 1 N–H and O–H groups in total. The van der Waals surface area contributed by atoms with Crippen molar-refractivity contribution < 1.29 is 37.9 Å². The van der Waals surface area contributed by atoms with Gasteiger partial charge in [0.25, 0.3) is 5.91 Å². The molecule has 1 spiro atoms. The Balaban J connectivity index is 1.20. The normalized spacial score (nSPS) is 27.0. The van der Waals surface area contributed by atoms with Crippen LogP contribution in [0.1, 0.15) is 48.9 Å². The van der Waals surface area contributed by atoms with E-state index < -0.39 is 49.8 Å². The molecule has 51 heavy (non-hydrogen) atoms. The highest BCUT2D eigenvalue weighted by Crippen LogP contribution is 2.60. The first kappa shape index (κ1) is 35.3. The van der Waals surface area contributed by atoms with Crippen molar-refractivity contribution in [2.75, 3.05) is 16.4 Å². The number of benzene rings is 3. The van der Waals surface area contributed by atoms with Crippen molar-refractivity contribution in [1.82, 2.24) is 4.90 Å². The van der Waals surface area contributed by atoms with E-state index >= 15 is 4.11 Å². The molecule has 7 rings (SSSR count). The lowest BCUT2D eigenvalue weighted by molar-refractivity contribution is -0.154. The van der Waals surface area contributed by atoms with Gasteiger partial charge in [0, 0.05) is 41.2 Å². The van der Waals surface area contributed by atoms with Gasteiger partial charge in [0.05, 0.1) is 43.8 Å². The second-order valence-electron chi connectivity index (χ2n) is 14.6. The number of hydrogen-bond acceptors (Lipinski definition) is 7. The molecule has 0 saturated carbocycles. The van der Waals surface area contributed by atoms with Crippen molar-refractivity contribution >= 4 is 55.1 Å². The predicted molar refractivity (Wildman–Crippen MR) is 191 cm³/mol. The van der Waals surface area contributed by atoms with Gasteiger partial charge in [0.1, 0.15) is 0 Å². The molecule has 3 aromatic carbocycles. The number of β-lactam (4-membered cyclic amide) rings is 1. The maximum absolute atomic E-state index is 16.5. The van der Waals surface area contributed by atoms with Crippen LogP contribution in [0, 0.1) is 5.92 Å². The summed E-state index contributed by atoms with van der Waals surface area (Å²) in [6, 6.07) is 19.6. The van der Waals surface area contributed by atoms with Crippen LogP contribution in [0.2, 0.25) is 23.7 Å². The van der Waals surface area contributed by atoms with Crippen LogP contribution in [-0.2, 0) is 53.8 Å². The van der Waals surface area contributed by atoms with Crippen LogP contribution in [-0.4, -0.2) is 67.1 Å². The number of anilines is 2. The number of halogens is 2. The van der Waals surface area contributed by atoms with Gasteiger partial charge < -0.3 is 28.5 Å². The summed E-state index contributed by atoms with van der Waals surface area (Å²) in [5, 5.41) is 10.6. The number of ether oxygens (including phenoxy) is 2. The summed E-state index contributed by atoms with van der Waals surface area (Å²) >= 11 is 6.54. The number of aliphatic hydroxyl groups is 1. The minimum atomic E-state index is -3.57. The van der Waals surface area contributed by atoms with E-state index in [4.69, 9.17) is 21.1 Å². The zero-order valence-electron chi connectivity index (χ0n) is 29.0. The number of fused-ring (bicyclic) bond motifs is 3. The van der Waals surface area contributed by atoms with Crippen molar-refractivity contribution in [3.05, 3.63) is 94.0 Å². The number of amides is 3. The minimum Gasteiger partial charge on any atom is -0.441 e. The van der Waals surface area contributed by atoms with Gasteiger partial charge in [-0.3, -0.25) is 24.1 Å². The molecule has 1 unspecified atom stereocenters. The molecule has 0 aliphatic carbocycles. The van der Waals surface area contributed by atoms with Crippen LogP contribution in [0.5, 0.6) is 0 Å². The average molecular weight is 734 g/mol. The van der Waals surface area contributed by atoms with Crippen LogP contribution in [0.15, 0.2) is 66.7 Å². The van der Waals surface area contributed by atoms with Gasteiger partial charge in [0.15, 0.2) is 11.8 Å². The minimum absolute atomic E-state index is 0.0884. The van der Waals surface area contributed by atoms with Crippen LogP contribution in [0.3, 0.4) is 0 Å². The van der Waals surface area contributed by atoms with Gasteiger partial charge in [-0.15, -0.1) is 0 Å². The molecule has 0 bridgehead atoms. The second kappa shape index (κ2) is 13.1. The largest absolute Gasteiger partial charge is 0.441 e. The number of nitrogens with zero attached hydrogens (tertiary/aromatic N) is 3. The fraction of sp³-hybridized carbons (Fsp3) is 0.421. The second-order valence-corrected chi connectivity index (χ2v) is 18.8. The summed E-state index contributed by atoms with van der Waals surface area (Å²) < 4.78 is 28.6. The molecule has 4 heterocycles. The lowest BCUT2D eigenvalue weighted by Crippen LogP contribution is -2.54. The molecule has 10 nitrogen and oxygen atoms in total. The molecule has 4 aliphatic heterocycles. The molecule has 2 saturated heterocycles. The molecule has 0 radical (unpaired) electrons. The maximum Gasteiger partial charge on any atom is 0.304 e. The molecule has 268 valence electrons. The van der Waals surface area contributed by atoms with E-state index in [0.29, 0.717) is 40.5 Å². The van der Waals surface area contributed by atoms with Crippen molar-refractivity contribution in [2.24, 2.45) is 5.92 Å². The Labute approximate surface area is 302 Å². The summed E-state index contributed by atoms with van der Waals surface area (Å²) in [5.41, 5.74) is 2.10. The van der Waals surface area contributed by atoms with Crippen molar-refractivity contribution in [2.45, 2.75) is 88.8 Å². The van der Waals surface area contributed by atoms with E-state index in [0.717, 1.165) is 11.1 Å². The van der Waals surface area contributed by atoms with E-state index in [9.17, 15) is 24.3 Å². The summed E-state index contributed by atoms with van der Waals surface area (Å²) in [4.78, 5) is 57.7. The number of carbonyl (C=O) groups excluding carboxylic acids is 4. The van der Waals surface area contributed by atoms with E-state index in [2.05, 4.69) is 0 Å². The molecule has 4 aliphatic rings.